The zero-order chi connectivity index (χ0) is 17.9. The second-order valence-corrected chi connectivity index (χ2v) is 6.81. The Bertz CT molecular complexity index is 885. The van der Waals surface area contributed by atoms with E-state index in [4.69, 9.17) is 4.74 Å². The highest BCUT2D eigenvalue weighted by molar-refractivity contribution is 5.79. The number of nitrogens with zero attached hydrogens (tertiary/aromatic N) is 3. The molecule has 3 heterocycles. The second kappa shape index (κ2) is 7.20. The topological polar surface area (TPSA) is 46.8 Å². The van der Waals surface area contributed by atoms with Crippen LogP contribution in [0, 0.1) is 0 Å². The van der Waals surface area contributed by atoms with Crippen molar-refractivity contribution in [3.63, 3.8) is 0 Å². The molecule has 0 spiro atoms. The first-order valence-electron chi connectivity index (χ1n) is 9.08. The molecule has 0 N–H and O–H groups in total. The molecule has 1 saturated heterocycles. The maximum atomic E-state index is 12.9. The van der Waals surface area contributed by atoms with E-state index in [2.05, 4.69) is 17.1 Å². The van der Waals surface area contributed by atoms with Gasteiger partial charge in [-0.15, -0.1) is 0 Å². The Kier molecular flexibility index (Phi) is 4.61. The van der Waals surface area contributed by atoms with Gasteiger partial charge in [0.2, 0.25) is 5.91 Å². The van der Waals surface area contributed by atoms with Gasteiger partial charge in [0.05, 0.1) is 19.2 Å². The number of benzene rings is 1. The number of likely N-dealkylation sites (tertiary alicyclic amines) is 1. The third-order valence-electron chi connectivity index (χ3n) is 5.05. The van der Waals surface area contributed by atoms with Crippen molar-refractivity contribution in [2.24, 2.45) is 0 Å². The molecule has 2 aromatic heterocycles. The number of ether oxygens (including phenoxy) is 1. The molecule has 26 heavy (non-hydrogen) atoms. The quantitative estimate of drug-likeness (QED) is 0.711. The van der Waals surface area contributed by atoms with Gasteiger partial charge in [-0.05, 0) is 49.1 Å². The Morgan fingerprint density at radius 3 is 3.04 bits per heavy atom. The predicted octanol–water partition coefficient (Wildman–Crippen LogP) is 3.12. The van der Waals surface area contributed by atoms with Crippen molar-refractivity contribution < 1.29 is 9.53 Å². The molecular formula is C21H23N3O2. The van der Waals surface area contributed by atoms with Gasteiger partial charge in [-0.25, -0.2) is 4.98 Å². The molecule has 0 saturated carbocycles. The van der Waals surface area contributed by atoms with E-state index in [0.29, 0.717) is 6.42 Å². The van der Waals surface area contributed by atoms with Crippen LogP contribution in [0.4, 0.5) is 0 Å². The average Bonchev–Trinajstić information content (AvgIpc) is 3.28. The van der Waals surface area contributed by atoms with Gasteiger partial charge in [0, 0.05) is 25.0 Å². The van der Waals surface area contributed by atoms with Gasteiger partial charge >= 0.3 is 0 Å². The van der Waals surface area contributed by atoms with E-state index in [9.17, 15) is 4.79 Å². The molecule has 134 valence electrons. The maximum Gasteiger partial charge on any atom is 0.228 e. The molecule has 0 radical (unpaired) electrons. The highest BCUT2D eigenvalue weighted by atomic mass is 16.5. The second-order valence-electron chi connectivity index (χ2n) is 6.81. The number of carbonyl (C=O) groups is 1. The van der Waals surface area contributed by atoms with E-state index >= 15 is 0 Å². The molecule has 4 rings (SSSR count). The van der Waals surface area contributed by atoms with Crippen molar-refractivity contribution in [1.82, 2.24) is 14.3 Å². The fraction of sp³-hybridized carbons (Fsp3) is 0.333. The average molecular weight is 349 g/mol. The molecule has 0 aliphatic carbocycles. The van der Waals surface area contributed by atoms with Crippen LogP contribution in [0.25, 0.3) is 5.65 Å². The Hall–Kier alpha value is -2.82. The van der Waals surface area contributed by atoms with Gasteiger partial charge in [0.1, 0.15) is 11.4 Å². The number of fused-ring (bicyclic) bond motifs is 1. The number of aromatic nitrogens is 2. The lowest BCUT2D eigenvalue weighted by Crippen LogP contribution is -2.37. The molecule has 1 fully saturated rings. The van der Waals surface area contributed by atoms with E-state index in [1.165, 1.54) is 5.56 Å². The lowest BCUT2D eigenvalue weighted by atomic mass is 10.0. The molecule has 1 aromatic carbocycles. The summed E-state index contributed by atoms with van der Waals surface area (Å²) < 4.78 is 7.27. The van der Waals surface area contributed by atoms with Crippen molar-refractivity contribution in [3.8, 4) is 5.75 Å². The minimum Gasteiger partial charge on any atom is -0.497 e. The molecule has 0 bridgehead atoms. The Morgan fingerprint density at radius 2 is 2.19 bits per heavy atom. The Morgan fingerprint density at radius 1 is 1.27 bits per heavy atom. The molecule has 0 unspecified atom stereocenters. The first kappa shape index (κ1) is 16.6. The molecule has 5 nitrogen and oxygen atoms in total. The van der Waals surface area contributed by atoms with Crippen LogP contribution in [0.2, 0.25) is 0 Å². The molecule has 1 aliphatic rings. The summed E-state index contributed by atoms with van der Waals surface area (Å²) in [6.07, 6.45) is 7.24. The van der Waals surface area contributed by atoms with Gasteiger partial charge < -0.3 is 14.0 Å². The molecule has 1 amide bonds. The van der Waals surface area contributed by atoms with Crippen LogP contribution in [0.5, 0.6) is 5.75 Å². The van der Waals surface area contributed by atoms with Gasteiger partial charge in [-0.2, -0.15) is 0 Å². The summed E-state index contributed by atoms with van der Waals surface area (Å²) in [5.41, 5.74) is 2.92. The molecular weight excluding hydrogens is 326 g/mol. The standard InChI is InChI=1S/C21H23N3O2/c1-26-19-8-4-6-16(13-19)12-18-7-5-11-24(18)21(25)14-17-15-23-10-3-2-9-20(23)22-17/h2-4,6,8-10,13,15,18H,5,7,11-12,14H2,1H3/t18-/m0/s1. The number of pyridine rings is 1. The zero-order valence-corrected chi connectivity index (χ0v) is 15.0. The Balaban J connectivity index is 1.45. The Labute approximate surface area is 153 Å². The number of rotatable bonds is 5. The highest BCUT2D eigenvalue weighted by Crippen LogP contribution is 2.24. The summed E-state index contributed by atoms with van der Waals surface area (Å²) in [5.74, 6) is 1.03. The first-order chi connectivity index (χ1) is 12.7. The largest absolute Gasteiger partial charge is 0.497 e. The van der Waals surface area contributed by atoms with E-state index in [1.807, 2.05) is 52.0 Å². The lowest BCUT2D eigenvalue weighted by molar-refractivity contribution is -0.131. The van der Waals surface area contributed by atoms with Crippen molar-refractivity contribution in [2.75, 3.05) is 13.7 Å². The van der Waals surface area contributed by atoms with Crippen molar-refractivity contribution >= 4 is 11.6 Å². The first-order valence-corrected chi connectivity index (χ1v) is 9.08. The van der Waals surface area contributed by atoms with Crippen molar-refractivity contribution in [1.29, 1.82) is 0 Å². The van der Waals surface area contributed by atoms with Gasteiger partial charge in [-0.3, -0.25) is 4.79 Å². The van der Waals surface area contributed by atoms with Gasteiger partial charge in [0.25, 0.3) is 0 Å². The van der Waals surface area contributed by atoms with Crippen molar-refractivity contribution in [2.45, 2.75) is 31.7 Å². The van der Waals surface area contributed by atoms with E-state index < -0.39 is 0 Å². The van der Waals surface area contributed by atoms with Crippen LogP contribution in [-0.4, -0.2) is 39.9 Å². The normalized spacial score (nSPS) is 17.0. The maximum absolute atomic E-state index is 12.9. The van der Waals surface area contributed by atoms with Crippen LogP contribution in [0.3, 0.4) is 0 Å². The third kappa shape index (κ3) is 3.43. The zero-order valence-electron chi connectivity index (χ0n) is 15.0. The van der Waals surface area contributed by atoms with Crippen LogP contribution < -0.4 is 4.74 Å². The van der Waals surface area contributed by atoms with E-state index in [1.54, 1.807) is 7.11 Å². The molecule has 3 aromatic rings. The summed E-state index contributed by atoms with van der Waals surface area (Å²) >= 11 is 0. The summed E-state index contributed by atoms with van der Waals surface area (Å²) in [4.78, 5) is 19.5. The fourth-order valence-corrected chi connectivity index (χ4v) is 3.78. The van der Waals surface area contributed by atoms with E-state index in [0.717, 1.165) is 42.9 Å². The van der Waals surface area contributed by atoms with Crippen LogP contribution in [-0.2, 0) is 17.6 Å². The number of amides is 1. The van der Waals surface area contributed by atoms with Crippen molar-refractivity contribution in [3.05, 3.63) is 66.1 Å². The summed E-state index contributed by atoms with van der Waals surface area (Å²) in [7, 11) is 1.68. The third-order valence-corrected chi connectivity index (χ3v) is 5.05. The van der Waals surface area contributed by atoms with E-state index in [-0.39, 0.29) is 11.9 Å². The number of hydrogen-bond acceptors (Lipinski definition) is 3. The summed E-state index contributed by atoms with van der Waals surface area (Å²) in [5, 5.41) is 0. The smallest absolute Gasteiger partial charge is 0.228 e. The fourth-order valence-electron chi connectivity index (χ4n) is 3.78. The number of hydrogen-bond donors (Lipinski definition) is 0. The SMILES string of the molecule is COc1cccc(C[C@@H]2CCCN2C(=O)Cc2cn3ccccc3n2)c1. The number of imidazole rings is 1. The number of carbonyl (C=O) groups excluding carboxylic acids is 1. The number of methoxy groups -OCH3 is 1. The summed E-state index contributed by atoms with van der Waals surface area (Å²) in [6.45, 7) is 0.834. The molecule has 1 atom stereocenters. The van der Waals surface area contributed by atoms with Gasteiger partial charge in [-0.1, -0.05) is 18.2 Å². The van der Waals surface area contributed by atoms with Crippen LogP contribution in [0.1, 0.15) is 24.1 Å². The lowest BCUT2D eigenvalue weighted by Gasteiger charge is -2.24. The van der Waals surface area contributed by atoms with Gasteiger partial charge in [0.15, 0.2) is 0 Å². The minimum absolute atomic E-state index is 0.166. The summed E-state index contributed by atoms with van der Waals surface area (Å²) in [6, 6.07) is 14.2. The molecule has 5 heteroatoms. The molecule has 1 aliphatic heterocycles. The minimum atomic E-state index is 0.166. The highest BCUT2D eigenvalue weighted by Gasteiger charge is 2.29. The van der Waals surface area contributed by atoms with Crippen LogP contribution >= 0.6 is 0 Å². The monoisotopic (exact) mass is 349 g/mol. The van der Waals surface area contributed by atoms with Crippen LogP contribution in [0.15, 0.2) is 54.9 Å². The predicted molar refractivity (Wildman–Crippen MR) is 100 cm³/mol.